The van der Waals surface area contributed by atoms with E-state index in [1.807, 2.05) is 23.7 Å². The van der Waals surface area contributed by atoms with Crippen LogP contribution in [0.1, 0.15) is 24.6 Å². The first-order valence-corrected chi connectivity index (χ1v) is 8.41. The summed E-state index contributed by atoms with van der Waals surface area (Å²) in [5.74, 6) is 0.447. The zero-order chi connectivity index (χ0) is 17.2. The summed E-state index contributed by atoms with van der Waals surface area (Å²) < 4.78 is 15.1. The minimum absolute atomic E-state index is 0.374. The molecule has 4 heterocycles. The third kappa shape index (κ3) is 3.09. The Morgan fingerprint density at radius 1 is 1.08 bits per heavy atom. The fourth-order valence-corrected chi connectivity index (χ4v) is 3.39. The number of aryl methyl sites for hydroxylation is 1. The molecule has 6 nitrogen and oxygen atoms in total. The fraction of sp³-hybridized carbons (Fsp3) is 0.333. The van der Waals surface area contributed by atoms with Crippen molar-refractivity contribution in [3.8, 4) is 11.1 Å². The van der Waals surface area contributed by atoms with E-state index in [4.69, 9.17) is 0 Å². The van der Waals surface area contributed by atoms with Gasteiger partial charge >= 0.3 is 0 Å². The number of pyridine rings is 2. The minimum atomic E-state index is -0.474. The van der Waals surface area contributed by atoms with Gasteiger partial charge in [0.05, 0.1) is 17.9 Å². The molecule has 4 rings (SSSR count). The van der Waals surface area contributed by atoms with Crippen LogP contribution in [0.2, 0.25) is 0 Å². The van der Waals surface area contributed by atoms with Crippen molar-refractivity contribution >= 4 is 5.82 Å². The normalized spacial score (nSPS) is 15.5. The van der Waals surface area contributed by atoms with Crippen LogP contribution in [0.4, 0.5) is 10.2 Å². The number of aromatic nitrogens is 5. The monoisotopic (exact) mass is 338 g/mol. The first-order chi connectivity index (χ1) is 12.2. The molecule has 25 heavy (non-hydrogen) atoms. The smallest absolute Gasteiger partial charge is 0.212 e. The van der Waals surface area contributed by atoms with Crippen molar-refractivity contribution in [3.05, 3.63) is 54.5 Å². The van der Waals surface area contributed by atoms with E-state index in [0.717, 1.165) is 48.6 Å². The second-order valence-corrected chi connectivity index (χ2v) is 6.28. The highest BCUT2D eigenvalue weighted by atomic mass is 19.1. The third-order valence-electron chi connectivity index (χ3n) is 4.69. The first-order valence-electron chi connectivity index (χ1n) is 8.41. The lowest BCUT2D eigenvalue weighted by Crippen LogP contribution is -2.36. The van der Waals surface area contributed by atoms with Crippen LogP contribution in [0.3, 0.4) is 0 Å². The van der Waals surface area contributed by atoms with E-state index in [1.165, 1.54) is 6.07 Å². The van der Waals surface area contributed by atoms with Crippen LogP contribution in [0.15, 0.2) is 42.9 Å². The lowest BCUT2D eigenvalue weighted by Gasteiger charge is -2.34. The topological polar surface area (TPSA) is 59.7 Å². The lowest BCUT2D eigenvalue weighted by molar-refractivity contribution is 0.354. The van der Waals surface area contributed by atoms with E-state index in [2.05, 4.69) is 25.2 Å². The van der Waals surface area contributed by atoms with Gasteiger partial charge in [-0.2, -0.15) is 4.39 Å². The predicted molar refractivity (Wildman–Crippen MR) is 92.7 cm³/mol. The Morgan fingerprint density at radius 2 is 1.92 bits per heavy atom. The SMILES string of the molecule is Cc1cnnn1C1CCN(c2ncccc2-c2ccc(F)nc2)CC1. The highest BCUT2D eigenvalue weighted by Crippen LogP contribution is 2.32. The molecule has 1 saturated heterocycles. The Hall–Kier alpha value is -2.83. The molecule has 0 saturated carbocycles. The van der Waals surface area contributed by atoms with Crippen molar-refractivity contribution < 1.29 is 4.39 Å². The molecule has 0 atom stereocenters. The van der Waals surface area contributed by atoms with Gasteiger partial charge < -0.3 is 4.90 Å². The average Bonchev–Trinajstić information content (AvgIpc) is 3.09. The summed E-state index contributed by atoms with van der Waals surface area (Å²) in [6.07, 6.45) is 7.12. The Kier molecular flexibility index (Phi) is 4.13. The summed E-state index contributed by atoms with van der Waals surface area (Å²) in [5, 5.41) is 8.18. The van der Waals surface area contributed by atoms with Gasteiger partial charge in [0, 0.05) is 36.6 Å². The molecule has 0 bridgehead atoms. The van der Waals surface area contributed by atoms with Gasteiger partial charge in [-0.3, -0.25) is 0 Å². The zero-order valence-corrected chi connectivity index (χ0v) is 14.0. The summed E-state index contributed by atoms with van der Waals surface area (Å²) in [7, 11) is 0. The molecule has 0 aromatic carbocycles. The van der Waals surface area contributed by atoms with Crippen LogP contribution in [-0.4, -0.2) is 38.1 Å². The van der Waals surface area contributed by atoms with Gasteiger partial charge in [-0.25, -0.2) is 14.6 Å². The van der Waals surface area contributed by atoms with E-state index in [9.17, 15) is 4.39 Å². The number of nitrogens with zero attached hydrogens (tertiary/aromatic N) is 6. The van der Waals surface area contributed by atoms with Crippen molar-refractivity contribution in [2.45, 2.75) is 25.8 Å². The van der Waals surface area contributed by atoms with Crippen LogP contribution in [-0.2, 0) is 0 Å². The van der Waals surface area contributed by atoms with Crippen molar-refractivity contribution in [1.82, 2.24) is 25.0 Å². The van der Waals surface area contributed by atoms with Gasteiger partial charge in [0.1, 0.15) is 5.82 Å². The van der Waals surface area contributed by atoms with Crippen LogP contribution < -0.4 is 4.90 Å². The molecule has 0 spiro atoms. The van der Waals surface area contributed by atoms with Crippen LogP contribution >= 0.6 is 0 Å². The van der Waals surface area contributed by atoms with E-state index in [1.54, 1.807) is 24.7 Å². The molecular formula is C18H19FN6. The van der Waals surface area contributed by atoms with Gasteiger partial charge in [-0.15, -0.1) is 5.10 Å². The van der Waals surface area contributed by atoms with Crippen LogP contribution in [0, 0.1) is 12.9 Å². The van der Waals surface area contributed by atoms with Crippen molar-refractivity contribution in [2.24, 2.45) is 0 Å². The van der Waals surface area contributed by atoms with E-state index in [0.29, 0.717) is 6.04 Å². The minimum Gasteiger partial charge on any atom is -0.356 e. The summed E-state index contributed by atoms with van der Waals surface area (Å²) in [5.41, 5.74) is 2.94. The second-order valence-electron chi connectivity index (χ2n) is 6.28. The summed E-state index contributed by atoms with van der Waals surface area (Å²) in [6.45, 7) is 3.82. The van der Waals surface area contributed by atoms with Gasteiger partial charge in [-0.1, -0.05) is 5.21 Å². The van der Waals surface area contributed by atoms with Crippen molar-refractivity contribution in [2.75, 3.05) is 18.0 Å². The molecule has 1 aliphatic heterocycles. The first kappa shape index (κ1) is 15.7. The van der Waals surface area contributed by atoms with Crippen LogP contribution in [0.5, 0.6) is 0 Å². The van der Waals surface area contributed by atoms with Crippen molar-refractivity contribution in [3.63, 3.8) is 0 Å². The maximum Gasteiger partial charge on any atom is 0.212 e. The number of anilines is 1. The van der Waals surface area contributed by atoms with Gasteiger partial charge in [0.25, 0.3) is 0 Å². The molecule has 7 heteroatoms. The zero-order valence-electron chi connectivity index (χ0n) is 14.0. The molecule has 0 N–H and O–H groups in total. The summed E-state index contributed by atoms with van der Waals surface area (Å²) >= 11 is 0. The maximum atomic E-state index is 13.1. The number of hydrogen-bond acceptors (Lipinski definition) is 5. The maximum absolute atomic E-state index is 13.1. The molecular weight excluding hydrogens is 319 g/mol. The number of piperidine rings is 1. The highest BCUT2D eigenvalue weighted by Gasteiger charge is 2.24. The quantitative estimate of drug-likeness (QED) is 0.687. The highest BCUT2D eigenvalue weighted by molar-refractivity contribution is 5.75. The predicted octanol–water partition coefficient (Wildman–Crippen LogP) is 3.02. The van der Waals surface area contributed by atoms with Crippen LogP contribution in [0.25, 0.3) is 11.1 Å². The molecule has 0 amide bonds. The van der Waals surface area contributed by atoms with E-state index in [-0.39, 0.29) is 0 Å². The van der Waals surface area contributed by atoms with E-state index < -0.39 is 5.95 Å². The Morgan fingerprint density at radius 3 is 2.60 bits per heavy atom. The molecule has 1 aliphatic rings. The Labute approximate surface area is 145 Å². The largest absolute Gasteiger partial charge is 0.356 e. The molecule has 128 valence electrons. The standard InChI is InChI=1S/C18H19FN6/c1-13-11-22-23-25(13)15-6-9-24(10-7-15)18-16(3-2-8-20-18)14-4-5-17(19)21-12-14/h2-5,8,11-12,15H,6-7,9-10H2,1H3. The molecule has 3 aromatic heterocycles. The van der Waals surface area contributed by atoms with Crippen molar-refractivity contribution in [1.29, 1.82) is 0 Å². The van der Waals surface area contributed by atoms with Gasteiger partial charge in [0.2, 0.25) is 5.95 Å². The fourth-order valence-electron chi connectivity index (χ4n) is 3.39. The average molecular weight is 338 g/mol. The third-order valence-corrected chi connectivity index (χ3v) is 4.69. The molecule has 0 radical (unpaired) electrons. The second kappa shape index (κ2) is 6.58. The lowest BCUT2D eigenvalue weighted by atomic mass is 10.0. The van der Waals surface area contributed by atoms with E-state index >= 15 is 0 Å². The molecule has 1 fully saturated rings. The summed E-state index contributed by atoms with van der Waals surface area (Å²) in [4.78, 5) is 10.6. The van der Waals surface area contributed by atoms with Gasteiger partial charge in [0.15, 0.2) is 0 Å². The van der Waals surface area contributed by atoms with Gasteiger partial charge in [-0.05, 0) is 44.0 Å². The Balaban J connectivity index is 1.56. The Bertz CT molecular complexity index is 852. The molecule has 0 aliphatic carbocycles. The number of hydrogen-bond donors (Lipinski definition) is 0. The summed E-state index contributed by atoms with van der Waals surface area (Å²) in [6, 6.07) is 7.40. The molecule has 3 aromatic rings. The number of rotatable bonds is 3. The molecule has 0 unspecified atom stereocenters. The number of halogens is 1.